The molecule has 126 valence electrons. The molecule has 9 heteroatoms. The van der Waals surface area contributed by atoms with Crippen LogP contribution in [0.25, 0.3) is 10.4 Å². The Hall–Kier alpha value is -0.706. The zero-order valence-electron chi connectivity index (χ0n) is 14.0. The van der Waals surface area contributed by atoms with Crippen LogP contribution in [-0.4, -0.2) is 43.1 Å². The first-order valence-electron chi connectivity index (χ1n) is 7.81. The highest BCUT2D eigenvalue weighted by atomic mass is 29.2. The molecule has 2 radical (unpaired) electrons. The zero-order chi connectivity index (χ0) is 16.8. The van der Waals surface area contributed by atoms with Crippen molar-refractivity contribution < 1.29 is 18.1 Å². The molecule has 0 aliphatic carbocycles. The van der Waals surface area contributed by atoms with Gasteiger partial charge in [-0.05, 0) is 36.0 Å². The van der Waals surface area contributed by atoms with E-state index in [0.29, 0.717) is 25.9 Å². The van der Waals surface area contributed by atoms with Gasteiger partial charge >= 0.3 is 8.32 Å². The Labute approximate surface area is 136 Å². The second-order valence-electron chi connectivity index (χ2n) is 4.91. The highest BCUT2D eigenvalue weighted by molar-refractivity contribution is 7.14. The smallest absolute Gasteiger partial charge is 0.377 e. The second kappa shape index (κ2) is 12.8. The van der Waals surface area contributed by atoms with E-state index in [1.165, 1.54) is 0 Å². The van der Waals surface area contributed by atoms with Gasteiger partial charge in [-0.3, -0.25) is 4.79 Å². The summed E-state index contributed by atoms with van der Waals surface area (Å²) in [6.45, 7) is 9.63. The Morgan fingerprint density at radius 3 is 1.95 bits per heavy atom. The maximum Gasteiger partial charge on any atom is 0.464 e. The van der Waals surface area contributed by atoms with Crippen LogP contribution in [0.15, 0.2) is 5.11 Å². The minimum atomic E-state index is -2.75. The molecule has 0 aromatic heterocycles. The largest absolute Gasteiger partial charge is 0.464 e. The molecule has 0 rings (SSSR count). The van der Waals surface area contributed by atoms with Crippen molar-refractivity contribution in [2.45, 2.75) is 53.0 Å². The van der Waals surface area contributed by atoms with Gasteiger partial charge in [0.25, 0.3) is 0 Å². The first-order valence-corrected chi connectivity index (χ1v) is 11.7. The molecule has 0 aromatic rings. The molecule has 0 aliphatic heterocycles. The van der Waals surface area contributed by atoms with E-state index in [1.807, 2.05) is 20.8 Å². The predicted octanol–water partition coefficient (Wildman–Crippen LogP) is 3.30. The number of amides is 1. The van der Waals surface area contributed by atoms with Crippen molar-refractivity contribution in [3.63, 3.8) is 0 Å². The Morgan fingerprint density at radius 2 is 1.59 bits per heavy atom. The maximum absolute atomic E-state index is 11.6. The van der Waals surface area contributed by atoms with Crippen LogP contribution in [0.5, 0.6) is 0 Å². The van der Waals surface area contributed by atoms with E-state index in [9.17, 15) is 4.79 Å². The molecule has 1 atom stereocenters. The van der Waals surface area contributed by atoms with Gasteiger partial charge in [0.2, 0.25) is 5.91 Å². The third kappa shape index (κ3) is 8.67. The number of hydrogen-bond donors (Lipinski definition) is 0. The van der Waals surface area contributed by atoms with E-state index >= 15 is 0 Å². The normalized spacial score (nSPS) is 12.7. The average Bonchev–Trinajstić information content (AvgIpc) is 2.53. The lowest BCUT2D eigenvalue weighted by Crippen LogP contribution is -2.53. The van der Waals surface area contributed by atoms with Crippen LogP contribution >= 0.6 is 0 Å². The Bertz CT molecular complexity index is 343. The van der Waals surface area contributed by atoms with Gasteiger partial charge in [-0.1, -0.05) is 27.7 Å². The fraction of sp³-hybridized carbons (Fsp3) is 0.923. The molecule has 22 heavy (non-hydrogen) atoms. The molecule has 0 saturated heterocycles. The highest BCUT2D eigenvalue weighted by Crippen LogP contribution is 2.16. The fourth-order valence-corrected chi connectivity index (χ4v) is 7.71. The molecular weight excluding hydrogens is 318 g/mol. The summed E-state index contributed by atoms with van der Waals surface area (Å²) in [5, 5.41) is 3.15. The molecule has 1 unspecified atom stereocenters. The lowest BCUT2D eigenvalue weighted by Gasteiger charge is -2.30. The van der Waals surface area contributed by atoms with Crippen LogP contribution in [0.1, 0.15) is 47.0 Å². The van der Waals surface area contributed by atoms with E-state index in [0.717, 1.165) is 19.3 Å². The number of hydrogen-bond acceptors (Lipinski definition) is 4. The van der Waals surface area contributed by atoms with E-state index in [4.69, 9.17) is 18.8 Å². The molecule has 0 N–H and O–H groups in total. The highest BCUT2D eigenvalue weighted by Gasteiger charge is 2.41. The van der Waals surface area contributed by atoms with Gasteiger partial charge in [-0.15, -0.1) is 0 Å². The monoisotopic (exact) mass is 345 g/mol. The molecule has 0 spiro atoms. The SMILES string of the molecule is CCCO[Si](OCCC)(OCCC)[Si]CC(C)C(=O)N=[N+]=[N-]. The van der Waals surface area contributed by atoms with Gasteiger partial charge < -0.3 is 13.3 Å². The van der Waals surface area contributed by atoms with Crippen LogP contribution in [0.4, 0.5) is 0 Å². The standard InChI is InChI=1S/C13H27N3O4Si2/c1-5-8-18-22(19-9-6-2,20-10-7-3)21-11-12(4)13(17)15-16-14/h12H,5-11H2,1-4H3. The zero-order valence-corrected chi connectivity index (χ0v) is 16.0. The third-order valence-corrected chi connectivity index (χ3v) is 8.89. The van der Waals surface area contributed by atoms with Crippen molar-refractivity contribution in [3.05, 3.63) is 10.4 Å². The molecule has 0 saturated carbocycles. The van der Waals surface area contributed by atoms with Crippen molar-refractivity contribution >= 4 is 23.3 Å². The molecule has 0 aliphatic rings. The molecule has 1 amide bonds. The van der Waals surface area contributed by atoms with Gasteiger partial charge in [0.1, 0.15) is 9.04 Å². The molecule has 0 aromatic carbocycles. The van der Waals surface area contributed by atoms with Crippen LogP contribution in [0, 0.1) is 5.92 Å². The van der Waals surface area contributed by atoms with Crippen LogP contribution in [0.2, 0.25) is 6.04 Å². The fourth-order valence-electron chi connectivity index (χ4n) is 1.50. The van der Waals surface area contributed by atoms with Gasteiger partial charge in [0.15, 0.2) is 0 Å². The minimum absolute atomic E-state index is 0.269. The summed E-state index contributed by atoms with van der Waals surface area (Å²) in [5.41, 5.74) is 8.34. The first kappa shape index (κ1) is 21.3. The van der Waals surface area contributed by atoms with Gasteiger partial charge in [-0.2, -0.15) is 0 Å². The second-order valence-corrected chi connectivity index (χ2v) is 10.5. The summed E-state index contributed by atoms with van der Waals surface area (Å²) in [7, 11) is -2.48. The predicted molar refractivity (Wildman–Crippen MR) is 88.4 cm³/mol. The molecule has 0 heterocycles. The number of carbonyl (C=O) groups is 1. The Kier molecular flexibility index (Phi) is 12.4. The van der Waals surface area contributed by atoms with Gasteiger partial charge in [0.05, 0.1) is 0 Å². The quantitative estimate of drug-likeness (QED) is 0.221. The Balaban J connectivity index is 4.83. The lowest BCUT2D eigenvalue weighted by atomic mass is 10.2. The number of azide groups is 1. The van der Waals surface area contributed by atoms with Crippen molar-refractivity contribution in [1.82, 2.24) is 0 Å². The van der Waals surface area contributed by atoms with Gasteiger partial charge in [0, 0.05) is 30.7 Å². The van der Waals surface area contributed by atoms with Crippen LogP contribution in [-0.2, 0) is 18.1 Å². The van der Waals surface area contributed by atoms with Crippen molar-refractivity contribution in [3.8, 4) is 0 Å². The maximum atomic E-state index is 11.6. The first-order chi connectivity index (χ1) is 10.5. The number of carbonyl (C=O) groups excluding carboxylic acids is 1. The van der Waals surface area contributed by atoms with E-state index in [-0.39, 0.29) is 15.0 Å². The summed E-state index contributed by atoms with van der Waals surface area (Å²) in [6, 6.07) is 0.557. The summed E-state index contributed by atoms with van der Waals surface area (Å²) in [5.74, 6) is -0.791. The lowest BCUT2D eigenvalue weighted by molar-refractivity contribution is -0.120. The summed E-state index contributed by atoms with van der Waals surface area (Å²) < 4.78 is 17.9. The van der Waals surface area contributed by atoms with E-state index in [1.54, 1.807) is 6.92 Å². The van der Waals surface area contributed by atoms with Crippen molar-refractivity contribution in [2.24, 2.45) is 11.0 Å². The van der Waals surface area contributed by atoms with Crippen molar-refractivity contribution in [2.75, 3.05) is 19.8 Å². The minimum Gasteiger partial charge on any atom is -0.377 e. The van der Waals surface area contributed by atoms with Crippen LogP contribution in [0.3, 0.4) is 0 Å². The van der Waals surface area contributed by atoms with Crippen molar-refractivity contribution in [1.29, 1.82) is 0 Å². The van der Waals surface area contributed by atoms with E-state index < -0.39 is 14.2 Å². The third-order valence-electron chi connectivity index (χ3n) is 2.68. The Morgan fingerprint density at radius 1 is 1.14 bits per heavy atom. The molecule has 7 nitrogen and oxygen atoms in total. The number of nitrogens with zero attached hydrogens (tertiary/aromatic N) is 3. The van der Waals surface area contributed by atoms with E-state index in [2.05, 4.69) is 10.0 Å². The topological polar surface area (TPSA) is 93.5 Å². The number of rotatable bonds is 13. The summed E-state index contributed by atoms with van der Waals surface area (Å²) in [4.78, 5) is 14.1. The molecular formula is C13H27N3O4Si2. The van der Waals surface area contributed by atoms with Gasteiger partial charge in [-0.25, -0.2) is 0 Å². The average molecular weight is 346 g/mol. The summed E-state index contributed by atoms with van der Waals surface area (Å²) >= 11 is 0. The molecule has 0 bridgehead atoms. The van der Waals surface area contributed by atoms with Crippen LogP contribution < -0.4 is 0 Å². The summed E-state index contributed by atoms with van der Waals surface area (Å²) in [6.07, 6.45) is 2.66. The molecule has 0 fully saturated rings.